The number of nitrogens with zero attached hydrogens (tertiary/aromatic N) is 7. The van der Waals surface area contributed by atoms with Crippen LogP contribution in [-0.4, -0.2) is 103 Å². The van der Waals surface area contributed by atoms with Crippen LogP contribution in [0.3, 0.4) is 0 Å². The molecule has 0 aliphatic carbocycles. The van der Waals surface area contributed by atoms with Crippen molar-refractivity contribution in [2.45, 2.75) is 79.3 Å². The summed E-state index contributed by atoms with van der Waals surface area (Å²) in [4.78, 5) is 16.6. The van der Waals surface area contributed by atoms with Gasteiger partial charge in [-0.25, -0.2) is 35.2 Å². The summed E-state index contributed by atoms with van der Waals surface area (Å²) in [6, 6.07) is 8.13. The first-order valence-electron chi connectivity index (χ1n) is 16.2. The molecule has 19 heteroatoms. The van der Waals surface area contributed by atoms with Gasteiger partial charge >= 0.3 is 0 Å². The first-order chi connectivity index (χ1) is 23.5. The van der Waals surface area contributed by atoms with Crippen molar-refractivity contribution in [3.63, 3.8) is 0 Å². The van der Waals surface area contributed by atoms with Crippen LogP contribution in [0.2, 0.25) is 0 Å². The molecule has 51 heavy (non-hydrogen) atoms. The summed E-state index contributed by atoms with van der Waals surface area (Å²) in [6.07, 6.45) is 9.78. The summed E-state index contributed by atoms with van der Waals surface area (Å²) < 4.78 is 72.5. The monoisotopic (exact) mass is 772 g/mol. The van der Waals surface area contributed by atoms with E-state index in [9.17, 15) is 25.3 Å². The minimum Gasteiger partial charge on any atom is -0.310 e. The standard InChI is InChI=1S/2C11H19N3O2S.C10H18N4O2S/c1-9(2)13-8-10-11(6-5-7-12-10)14(3)17(4,15)16;1-9(2)13-8-10-6-5-7-12-11(10)14(3)17(4,15)16;1-8(2)13-7-9-10(12-6-5-11-9)14(3)17(4,15)16/h2*5-7,9,13H,8H2,1-4H3;5-6,8,13H,7H2,1-4H3. The molecule has 0 unspecified atom stereocenters. The zero-order chi connectivity index (χ0) is 39.2. The quantitative estimate of drug-likeness (QED) is 0.204. The Morgan fingerprint density at radius 1 is 0.529 bits per heavy atom. The highest BCUT2D eigenvalue weighted by Gasteiger charge is 2.19. The van der Waals surface area contributed by atoms with Gasteiger partial charge in [0.05, 0.1) is 35.8 Å². The Kier molecular flexibility index (Phi) is 18.3. The van der Waals surface area contributed by atoms with E-state index < -0.39 is 30.1 Å². The number of sulfonamides is 3. The second kappa shape index (κ2) is 20.5. The van der Waals surface area contributed by atoms with E-state index in [1.54, 1.807) is 36.8 Å². The summed E-state index contributed by atoms with van der Waals surface area (Å²) in [5.41, 5.74) is 2.83. The van der Waals surface area contributed by atoms with E-state index >= 15 is 0 Å². The van der Waals surface area contributed by atoms with Crippen LogP contribution >= 0.6 is 0 Å². The SMILES string of the molecule is CC(C)NCc1cccnc1N(C)S(C)(=O)=O.CC(C)NCc1ncccc1N(C)S(C)(=O)=O.CC(C)NCc1nccnc1N(C)S(C)(=O)=O. The molecule has 288 valence electrons. The fourth-order valence-electron chi connectivity index (χ4n) is 3.86. The Morgan fingerprint density at radius 2 is 0.922 bits per heavy atom. The predicted molar refractivity (Wildman–Crippen MR) is 206 cm³/mol. The van der Waals surface area contributed by atoms with E-state index in [4.69, 9.17) is 0 Å². The molecule has 0 aliphatic rings. The predicted octanol–water partition coefficient (Wildman–Crippen LogP) is 2.32. The molecule has 3 N–H and O–H groups in total. The zero-order valence-electron chi connectivity index (χ0n) is 31.8. The number of anilines is 3. The largest absolute Gasteiger partial charge is 0.310 e. The lowest BCUT2D eigenvalue weighted by atomic mass is 10.2. The van der Waals surface area contributed by atoms with Gasteiger partial charge in [-0.15, -0.1) is 0 Å². The summed E-state index contributed by atoms with van der Waals surface area (Å²) >= 11 is 0. The molecule has 0 bridgehead atoms. The molecule has 0 atom stereocenters. The van der Waals surface area contributed by atoms with Gasteiger partial charge in [0, 0.05) is 89.3 Å². The summed E-state index contributed by atoms with van der Waals surface area (Å²) in [5, 5.41) is 9.66. The Labute approximate surface area is 305 Å². The summed E-state index contributed by atoms with van der Waals surface area (Å²) in [6.45, 7) is 13.8. The van der Waals surface area contributed by atoms with Crippen molar-refractivity contribution in [2.24, 2.45) is 0 Å². The van der Waals surface area contributed by atoms with Crippen LogP contribution < -0.4 is 28.9 Å². The summed E-state index contributed by atoms with van der Waals surface area (Å²) in [7, 11) is -5.33. The van der Waals surface area contributed by atoms with Gasteiger partial charge in [-0.2, -0.15) is 0 Å². The van der Waals surface area contributed by atoms with Gasteiger partial charge in [0.2, 0.25) is 30.1 Å². The molecule has 0 aromatic carbocycles. The number of hydrogen-bond donors (Lipinski definition) is 3. The third-order valence-electron chi connectivity index (χ3n) is 6.97. The van der Waals surface area contributed by atoms with E-state index in [-0.39, 0.29) is 0 Å². The fourth-order valence-corrected chi connectivity index (χ4v) is 5.33. The van der Waals surface area contributed by atoms with Gasteiger partial charge in [-0.1, -0.05) is 47.6 Å². The molecular weight excluding hydrogens is 717 g/mol. The average molecular weight is 773 g/mol. The third-order valence-corrected chi connectivity index (χ3v) is 10.5. The fraction of sp³-hybridized carbons (Fsp3) is 0.562. The van der Waals surface area contributed by atoms with Gasteiger partial charge in [-0.3, -0.25) is 22.9 Å². The lowest BCUT2D eigenvalue weighted by Crippen LogP contribution is -2.29. The minimum absolute atomic E-state index is 0.299. The van der Waals surface area contributed by atoms with Crippen molar-refractivity contribution >= 4 is 47.4 Å². The molecule has 0 fully saturated rings. The van der Waals surface area contributed by atoms with Crippen LogP contribution in [0, 0.1) is 0 Å². The highest BCUT2D eigenvalue weighted by Crippen LogP contribution is 2.20. The second-order valence-electron chi connectivity index (χ2n) is 12.6. The van der Waals surface area contributed by atoms with Crippen LogP contribution in [0.15, 0.2) is 49.1 Å². The molecule has 3 heterocycles. The molecule has 0 saturated heterocycles. The Balaban J connectivity index is 0.000000382. The smallest absolute Gasteiger partial charge is 0.233 e. The number of pyridine rings is 2. The second-order valence-corrected chi connectivity index (χ2v) is 18.6. The Morgan fingerprint density at radius 3 is 1.43 bits per heavy atom. The first-order valence-corrected chi connectivity index (χ1v) is 21.7. The Hall–Kier alpha value is -3.49. The topological polar surface area (TPSA) is 200 Å². The van der Waals surface area contributed by atoms with E-state index in [2.05, 4.69) is 35.9 Å². The van der Waals surface area contributed by atoms with Crippen LogP contribution in [0.5, 0.6) is 0 Å². The minimum atomic E-state index is -3.31. The maximum absolute atomic E-state index is 11.5. The van der Waals surface area contributed by atoms with Crippen molar-refractivity contribution in [3.8, 4) is 0 Å². The molecule has 0 amide bonds. The van der Waals surface area contributed by atoms with Crippen LogP contribution in [-0.2, 0) is 49.7 Å². The van der Waals surface area contributed by atoms with E-state index in [0.717, 1.165) is 21.8 Å². The molecular formula is C32H56N10O6S3. The Bertz CT molecular complexity index is 1630. The van der Waals surface area contributed by atoms with Gasteiger partial charge in [-0.05, 0) is 18.2 Å². The van der Waals surface area contributed by atoms with Gasteiger partial charge < -0.3 is 16.0 Å². The molecule has 0 radical (unpaired) electrons. The highest BCUT2D eigenvalue weighted by molar-refractivity contribution is 7.92. The molecule has 0 saturated carbocycles. The average Bonchev–Trinajstić information content (AvgIpc) is 3.04. The van der Waals surface area contributed by atoms with Gasteiger partial charge in [0.15, 0.2) is 5.82 Å². The summed E-state index contributed by atoms with van der Waals surface area (Å²) in [5.74, 6) is 0.839. The van der Waals surface area contributed by atoms with Crippen molar-refractivity contribution in [2.75, 3.05) is 52.8 Å². The highest BCUT2D eigenvalue weighted by atomic mass is 32.2. The maximum atomic E-state index is 11.5. The van der Waals surface area contributed by atoms with Gasteiger partial charge in [0.1, 0.15) is 5.82 Å². The molecule has 0 aliphatic heterocycles. The van der Waals surface area contributed by atoms with Crippen molar-refractivity contribution < 1.29 is 25.3 Å². The zero-order valence-corrected chi connectivity index (χ0v) is 34.2. The number of aromatic nitrogens is 4. The lowest BCUT2D eigenvalue weighted by Gasteiger charge is -2.20. The molecule has 3 rings (SSSR count). The van der Waals surface area contributed by atoms with Crippen LogP contribution in [0.4, 0.5) is 17.3 Å². The van der Waals surface area contributed by atoms with E-state index in [0.29, 0.717) is 60.8 Å². The lowest BCUT2D eigenvalue weighted by molar-refractivity contribution is 0.579. The third kappa shape index (κ3) is 16.6. The first kappa shape index (κ1) is 45.5. The molecule has 0 spiro atoms. The maximum Gasteiger partial charge on any atom is 0.233 e. The van der Waals surface area contributed by atoms with Crippen LogP contribution in [0.25, 0.3) is 0 Å². The van der Waals surface area contributed by atoms with Crippen molar-refractivity contribution in [3.05, 3.63) is 66.0 Å². The number of nitrogens with one attached hydrogen (secondary N) is 3. The van der Waals surface area contributed by atoms with Gasteiger partial charge in [0.25, 0.3) is 0 Å². The number of hydrogen-bond acceptors (Lipinski definition) is 13. The van der Waals surface area contributed by atoms with E-state index in [1.807, 2.05) is 47.6 Å². The molecule has 16 nitrogen and oxygen atoms in total. The van der Waals surface area contributed by atoms with Crippen LogP contribution in [0.1, 0.15) is 58.5 Å². The van der Waals surface area contributed by atoms with Crippen molar-refractivity contribution in [1.82, 2.24) is 35.9 Å². The molecule has 3 aromatic heterocycles. The normalized spacial score (nSPS) is 11.8. The molecule has 3 aromatic rings. The van der Waals surface area contributed by atoms with E-state index in [1.165, 1.54) is 48.5 Å². The number of rotatable bonds is 15. The van der Waals surface area contributed by atoms with Crippen molar-refractivity contribution in [1.29, 1.82) is 0 Å².